The molecule has 7 nitrogen and oxygen atoms in total. The van der Waals surface area contributed by atoms with Gasteiger partial charge in [-0.3, -0.25) is 14.8 Å². The molecule has 0 aliphatic carbocycles. The highest BCUT2D eigenvalue weighted by atomic mass is 16.4. The van der Waals surface area contributed by atoms with Gasteiger partial charge in [0, 0.05) is 12.7 Å². The highest BCUT2D eigenvalue weighted by Crippen LogP contribution is 2.04. The smallest absolute Gasteiger partial charge is 0.315 e. The van der Waals surface area contributed by atoms with Crippen LogP contribution in [0, 0.1) is 12.8 Å². The molecule has 0 saturated heterocycles. The van der Waals surface area contributed by atoms with E-state index >= 15 is 0 Å². The Labute approximate surface area is 117 Å². The second-order valence-corrected chi connectivity index (χ2v) is 4.54. The van der Waals surface area contributed by atoms with Crippen molar-refractivity contribution in [3.63, 3.8) is 0 Å². The number of aliphatic carboxylic acids is 1. The van der Waals surface area contributed by atoms with Crippen LogP contribution < -0.4 is 10.6 Å². The summed E-state index contributed by atoms with van der Waals surface area (Å²) in [6.45, 7) is 4.11. The molecule has 7 heteroatoms. The number of carboxylic acid groups (broad SMARTS) is 1. The number of urea groups is 1. The summed E-state index contributed by atoms with van der Waals surface area (Å²) >= 11 is 0. The normalized spacial score (nSPS) is 11.7. The summed E-state index contributed by atoms with van der Waals surface area (Å²) in [7, 11) is 0. The quantitative estimate of drug-likeness (QED) is 0.693. The first kappa shape index (κ1) is 15.9. The molecule has 1 aromatic rings. The minimum absolute atomic E-state index is 0.120. The Morgan fingerprint density at radius 2 is 2.05 bits per heavy atom. The van der Waals surface area contributed by atoms with Gasteiger partial charge in [-0.2, -0.15) is 0 Å². The second-order valence-electron chi connectivity index (χ2n) is 4.54. The number of carbonyl (C=O) groups is 2. The molecule has 1 heterocycles. The van der Waals surface area contributed by atoms with Gasteiger partial charge in [-0.25, -0.2) is 4.79 Å². The first-order valence-corrected chi connectivity index (χ1v) is 6.55. The number of aryl methyl sites for hydroxylation is 1. The molecule has 0 fully saturated rings. The van der Waals surface area contributed by atoms with Crippen LogP contribution in [0.2, 0.25) is 0 Å². The van der Waals surface area contributed by atoms with Gasteiger partial charge in [0.05, 0.1) is 30.0 Å². The third kappa shape index (κ3) is 5.64. The van der Waals surface area contributed by atoms with E-state index in [9.17, 15) is 9.59 Å². The van der Waals surface area contributed by atoms with Crippen molar-refractivity contribution in [2.24, 2.45) is 5.92 Å². The molecule has 1 rings (SSSR count). The van der Waals surface area contributed by atoms with Crippen LogP contribution in [0.4, 0.5) is 4.79 Å². The van der Waals surface area contributed by atoms with Crippen molar-refractivity contribution >= 4 is 12.0 Å². The minimum atomic E-state index is -0.892. The molecule has 0 aliphatic rings. The summed E-state index contributed by atoms with van der Waals surface area (Å²) in [5.74, 6) is -1.44. The fraction of sp³-hybridized carbons (Fsp3) is 0.538. The first-order valence-electron chi connectivity index (χ1n) is 6.55. The van der Waals surface area contributed by atoms with E-state index in [1.165, 1.54) is 0 Å². The molecule has 2 amide bonds. The zero-order valence-electron chi connectivity index (χ0n) is 11.7. The lowest BCUT2D eigenvalue weighted by molar-refractivity contribution is -0.141. The van der Waals surface area contributed by atoms with Crippen LogP contribution in [0.5, 0.6) is 0 Å². The predicted octanol–water partition coefficient (Wildman–Crippen LogP) is 1.09. The lowest BCUT2D eigenvalue weighted by Gasteiger charge is -2.12. The molecule has 1 atom stereocenters. The summed E-state index contributed by atoms with van der Waals surface area (Å²) in [6, 6.07) is -0.408. The SMILES string of the molecule is CCCC(CNC(=O)NCc1cnc(C)cn1)C(=O)O. The van der Waals surface area contributed by atoms with Gasteiger partial charge in [-0.05, 0) is 13.3 Å². The van der Waals surface area contributed by atoms with Gasteiger partial charge in [-0.1, -0.05) is 13.3 Å². The molecule has 110 valence electrons. The van der Waals surface area contributed by atoms with Crippen LogP contribution in [0.1, 0.15) is 31.2 Å². The Bertz CT molecular complexity index is 447. The van der Waals surface area contributed by atoms with E-state index < -0.39 is 17.9 Å². The van der Waals surface area contributed by atoms with Crippen molar-refractivity contribution in [3.05, 3.63) is 23.8 Å². The average Bonchev–Trinajstić information content (AvgIpc) is 2.42. The topological polar surface area (TPSA) is 104 Å². The summed E-state index contributed by atoms with van der Waals surface area (Å²) in [4.78, 5) is 30.6. The van der Waals surface area contributed by atoms with Crippen LogP contribution in [-0.4, -0.2) is 33.6 Å². The number of rotatable bonds is 7. The Morgan fingerprint density at radius 3 is 2.60 bits per heavy atom. The van der Waals surface area contributed by atoms with E-state index in [1.54, 1.807) is 12.4 Å². The van der Waals surface area contributed by atoms with Gasteiger partial charge in [0.1, 0.15) is 0 Å². The van der Waals surface area contributed by atoms with Crippen molar-refractivity contribution in [1.29, 1.82) is 0 Å². The molecule has 20 heavy (non-hydrogen) atoms. The van der Waals surface area contributed by atoms with Gasteiger partial charge < -0.3 is 15.7 Å². The summed E-state index contributed by atoms with van der Waals surface area (Å²) in [6.07, 6.45) is 4.52. The zero-order valence-corrected chi connectivity index (χ0v) is 11.7. The fourth-order valence-electron chi connectivity index (χ4n) is 1.62. The molecular formula is C13H20N4O3. The van der Waals surface area contributed by atoms with Crippen LogP contribution in [0.3, 0.4) is 0 Å². The Kier molecular flexibility index (Phi) is 6.42. The Hall–Kier alpha value is -2.18. The monoisotopic (exact) mass is 280 g/mol. The molecule has 0 saturated carbocycles. The first-order chi connectivity index (χ1) is 9.52. The maximum Gasteiger partial charge on any atom is 0.315 e. The third-order valence-electron chi connectivity index (χ3n) is 2.76. The number of amides is 2. The predicted molar refractivity (Wildman–Crippen MR) is 73.0 cm³/mol. The van der Waals surface area contributed by atoms with E-state index in [4.69, 9.17) is 5.11 Å². The zero-order chi connectivity index (χ0) is 15.0. The summed E-state index contributed by atoms with van der Waals surface area (Å²) in [5.41, 5.74) is 1.45. The van der Waals surface area contributed by atoms with E-state index in [0.717, 1.165) is 12.1 Å². The third-order valence-corrected chi connectivity index (χ3v) is 2.76. The molecule has 0 radical (unpaired) electrons. The molecule has 0 bridgehead atoms. The molecule has 1 unspecified atom stereocenters. The fourth-order valence-corrected chi connectivity index (χ4v) is 1.62. The maximum atomic E-state index is 11.6. The molecule has 1 aromatic heterocycles. The standard InChI is InChI=1S/C13H20N4O3/c1-3-4-10(12(18)19)6-16-13(20)17-8-11-7-14-9(2)5-15-11/h5,7,10H,3-4,6,8H2,1-2H3,(H,18,19)(H2,16,17,20). The summed E-state index contributed by atoms with van der Waals surface area (Å²) in [5, 5.41) is 14.1. The van der Waals surface area contributed by atoms with Gasteiger partial charge in [0.2, 0.25) is 0 Å². The van der Waals surface area contributed by atoms with Crippen LogP contribution >= 0.6 is 0 Å². The lowest BCUT2D eigenvalue weighted by atomic mass is 10.0. The largest absolute Gasteiger partial charge is 0.481 e. The van der Waals surface area contributed by atoms with E-state index in [0.29, 0.717) is 12.1 Å². The number of nitrogens with one attached hydrogen (secondary N) is 2. The van der Waals surface area contributed by atoms with E-state index in [-0.39, 0.29) is 13.1 Å². The molecule has 0 spiro atoms. The van der Waals surface area contributed by atoms with Gasteiger partial charge in [0.15, 0.2) is 0 Å². The van der Waals surface area contributed by atoms with E-state index in [2.05, 4.69) is 20.6 Å². The molecule has 0 aromatic carbocycles. The summed E-state index contributed by atoms with van der Waals surface area (Å²) < 4.78 is 0. The molecule has 0 aliphatic heterocycles. The van der Waals surface area contributed by atoms with Crippen molar-refractivity contribution in [1.82, 2.24) is 20.6 Å². The van der Waals surface area contributed by atoms with Crippen molar-refractivity contribution < 1.29 is 14.7 Å². The number of nitrogens with zero attached hydrogens (tertiary/aromatic N) is 2. The average molecular weight is 280 g/mol. The Morgan fingerprint density at radius 1 is 1.30 bits per heavy atom. The van der Waals surface area contributed by atoms with Gasteiger partial charge in [-0.15, -0.1) is 0 Å². The second kappa shape index (κ2) is 8.08. The Balaban J connectivity index is 2.32. The molecule has 3 N–H and O–H groups in total. The minimum Gasteiger partial charge on any atom is -0.481 e. The maximum absolute atomic E-state index is 11.6. The van der Waals surface area contributed by atoms with Crippen molar-refractivity contribution in [3.8, 4) is 0 Å². The lowest BCUT2D eigenvalue weighted by Crippen LogP contribution is -2.39. The van der Waals surface area contributed by atoms with Crippen LogP contribution in [0.25, 0.3) is 0 Å². The number of aromatic nitrogens is 2. The number of hydrogen-bond acceptors (Lipinski definition) is 4. The highest BCUT2D eigenvalue weighted by molar-refractivity contribution is 5.75. The van der Waals surface area contributed by atoms with Crippen LogP contribution in [-0.2, 0) is 11.3 Å². The van der Waals surface area contributed by atoms with E-state index in [1.807, 2.05) is 13.8 Å². The van der Waals surface area contributed by atoms with Gasteiger partial charge >= 0.3 is 12.0 Å². The molecular weight excluding hydrogens is 260 g/mol. The number of carboxylic acids is 1. The van der Waals surface area contributed by atoms with Crippen LogP contribution in [0.15, 0.2) is 12.4 Å². The van der Waals surface area contributed by atoms with Gasteiger partial charge in [0.25, 0.3) is 0 Å². The number of carbonyl (C=O) groups excluding carboxylic acids is 1. The van der Waals surface area contributed by atoms with Crippen molar-refractivity contribution in [2.75, 3.05) is 6.54 Å². The highest BCUT2D eigenvalue weighted by Gasteiger charge is 2.16. The van der Waals surface area contributed by atoms with Crippen molar-refractivity contribution in [2.45, 2.75) is 33.2 Å². The number of hydrogen-bond donors (Lipinski definition) is 3.